The fourth-order valence-corrected chi connectivity index (χ4v) is 6.03. The first kappa shape index (κ1) is 22.9. The van der Waals surface area contributed by atoms with Crippen LogP contribution in [0.15, 0.2) is 18.2 Å². The zero-order valence-electron chi connectivity index (χ0n) is 19.7. The zero-order valence-corrected chi connectivity index (χ0v) is 19.7. The highest BCUT2D eigenvalue weighted by atomic mass is 14.3. The van der Waals surface area contributed by atoms with E-state index in [2.05, 4.69) is 32.0 Å². The lowest BCUT2D eigenvalue weighted by Gasteiger charge is -2.30. The van der Waals surface area contributed by atoms with E-state index in [4.69, 9.17) is 0 Å². The molecule has 1 aromatic rings. The van der Waals surface area contributed by atoms with Gasteiger partial charge in [-0.25, -0.2) is 0 Å². The van der Waals surface area contributed by atoms with Gasteiger partial charge in [0.25, 0.3) is 0 Å². The van der Waals surface area contributed by atoms with Crippen molar-refractivity contribution in [1.29, 1.82) is 0 Å². The Bertz CT molecular complexity index is 563. The van der Waals surface area contributed by atoms with Crippen LogP contribution in [0, 0.1) is 11.8 Å². The highest BCUT2D eigenvalue weighted by molar-refractivity contribution is 5.36. The quantitative estimate of drug-likeness (QED) is 0.309. The minimum absolute atomic E-state index is 0.850. The molecule has 1 fully saturated rings. The molecular formula is C29H48. The summed E-state index contributed by atoms with van der Waals surface area (Å²) in [5, 5.41) is 0. The number of aryl methyl sites for hydroxylation is 1. The molecule has 29 heavy (non-hydrogen) atoms. The second-order valence-corrected chi connectivity index (χ2v) is 10.4. The number of hydrogen-bond acceptors (Lipinski definition) is 0. The summed E-state index contributed by atoms with van der Waals surface area (Å²) >= 11 is 0. The van der Waals surface area contributed by atoms with Crippen molar-refractivity contribution in [1.82, 2.24) is 0 Å². The fraction of sp³-hybridized carbons (Fsp3) is 0.793. The molecule has 0 radical (unpaired) electrons. The van der Waals surface area contributed by atoms with Gasteiger partial charge in [0.2, 0.25) is 0 Å². The second kappa shape index (κ2) is 12.8. The smallest absolute Gasteiger partial charge is 0.0162 e. The Morgan fingerprint density at radius 1 is 0.655 bits per heavy atom. The molecule has 1 unspecified atom stereocenters. The maximum Gasteiger partial charge on any atom is -0.0162 e. The van der Waals surface area contributed by atoms with E-state index in [-0.39, 0.29) is 0 Å². The van der Waals surface area contributed by atoms with Gasteiger partial charge in [0.05, 0.1) is 0 Å². The average Bonchev–Trinajstić information content (AvgIpc) is 2.76. The van der Waals surface area contributed by atoms with E-state index in [1.165, 1.54) is 116 Å². The van der Waals surface area contributed by atoms with Gasteiger partial charge in [-0.05, 0) is 79.4 Å². The third-order valence-electron chi connectivity index (χ3n) is 8.06. The minimum atomic E-state index is 0.850. The van der Waals surface area contributed by atoms with Crippen LogP contribution in [-0.2, 0) is 12.8 Å². The van der Waals surface area contributed by atoms with E-state index in [1.54, 1.807) is 16.7 Å². The first-order chi connectivity index (χ1) is 14.3. The van der Waals surface area contributed by atoms with Crippen molar-refractivity contribution in [2.24, 2.45) is 11.8 Å². The summed E-state index contributed by atoms with van der Waals surface area (Å²) in [4.78, 5) is 0. The van der Waals surface area contributed by atoms with E-state index in [9.17, 15) is 0 Å². The summed E-state index contributed by atoms with van der Waals surface area (Å²) in [5.74, 6) is 2.83. The van der Waals surface area contributed by atoms with Crippen molar-refractivity contribution in [3.05, 3.63) is 34.9 Å². The van der Waals surface area contributed by atoms with E-state index in [0.717, 1.165) is 17.8 Å². The van der Waals surface area contributed by atoms with Gasteiger partial charge in [-0.2, -0.15) is 0 Å². The Balaban J connectivity index is 1.41. The first-order valence-electron chi connectivity index (χ1n) is 13.4. The SMILES string of the molecule is CCCCCCCC1CCc2cc(C3CCC(CCCCCC)CC3)ccc2C1. The number of rotatable bonds is 12. The Hall–Kier alpha value is -0.780. The lowest BCUT2D eigenvalue weighted by atomic mass is 9.75. The van der Waals surface area contributed by atoms with Gasteiger partial charge in [-0.1, -0.05) is 103 Å². The summed E-state index contributed by atoms with van der Waals surface area (Å²) < 4.78 is 0. The molecule has 1 aromatic carbocycles. The largest absolute Gasteiger partial charge is 0.0654 e. The van der Waals surface area contributed by atoms with E-state index < -0.39 is 0 Å². The minimum Gasteiger partial charge on any atom is -0.0654 e. The van der Waals surface area contributed by atoms with Crippen molar-refractivity contribution in [2.75, 3.05) is 0 Å². The van der Waals surface area contributed by atoms with Gasteiger partial charge in [0.1, 0.15) is 0 Å². The molecular weight excluding hydrogens is 348 g/mol. The molecule has 164 valence electrons. The van der Waals surface area contributed by atoms with Gasteiger partial charge in [-0.3, -0.25) is 0 Å². The number of unbranched alkanes of at least 4 members (excludes halogenated alkanes) is 7. The van der Waals surface area contributed by atoms with E-state index in [0.29, 0.717) is 0 Å². The van der Waals surface area contributed by atoms with Gasteiger partial charge < -0.3 is 0 Å². The van der Waals surface area contributed by atoms with E-state index in [1.807, 2.05) is 0 Å². The summed E-state index contributed by atoms with van der Waals surface area (Å²) in [6.07, 6.45) is 25.8. The first-order valence-corrected chi connectivity index (χ1v) is 13.4. The van der Waals surface area contributed by atoms with Crippen LogP contribution < -0.4 is 0 Å². The molecule has 0 heteroatoms. The lowest BCUT2D eigenvalue weighted by molar-refractivity contribution is 0.302. The third kappa shape index (κ3) is 7.45. The van der Waals surface area contributed by atoms with Crippen molar-refractivity contribution in [3.8, 4) is 0 Å². The maximum atomic E-state index is 2.62. The van der Waals surface area contributed by atoms with Crippen molar-refractivity contribution in [2.45, 2.75) is 135 Å². The van der Waals surface area contributed by atoms with Gasteiger partial charge in [0.15, 0.2) is 0 Å². The number of benzene rings is 1. The molecule has 0 heterocycles. The molecule has 0 saturated heterocycles. The molecule has 0 aliphatic heterocycles. The lowest BCUT2D eigenvalue weighted by Crippen LogP contribution is -2.16. The maximum absolute atomic E-state index is 2.62. The van der Waals surface area contributed by atoms with Crippen LogP contribution in [0.2, 0.25) is 0 Å². The molecule has 1 atom stereocenters. The van der Waals surface area contributed by atoms with Crippen molar-refractivity contribution >= 4 is 0 Å². The normalized spacial score (nSPS) is 24.4. The Morgan fingerprint density at radius 3 is 2.03 bits per heavy atom. The van der Waals surface area contributed by atoms with Gasteiger partial charge in [0, 0.05) is 0 Å². The third-order valence-corrected chi connectivity index (χ3v) is 8.06. The van der Waals surface area contributed by atoms with Crippen LogP contribution in [0.4, 0.5) is 0 Å². The van der Waals surface area contributed by atoms with Crippen molar-refractivity contribution in [3.63, 3.8) is 0 Å². The zero-order chi connectivity index (χ0) is 20.3. The molecule has 0 amide bonds. The highest BCUT2D eigenvalue weighted by Crippen LogP contribution is 2.39. The number of fused-ring (bicyclic) bond motifs is 1. The molecule has 3 rings (SSSR count). The van der Waals surface area contributed by atoms with Gasteiger partial charge >= 0.3 is 0 Å². The monoisotopic (exact) mass is 396 g/mol. The standard InChI is InChI=1S/C29H48/c1-3-5-7-9-11-13-25-16-19-29-23-28(21-20-27(29)22-25)26-17-14-24(15-18-26)12-10-8-6-4-2/h20-21,23-26H,3-19,22H2,1-2H3. The molecule has 0 nitrogen and oxygen atoms in total. The summed E-state index contributed by atoms with van der Waals surface area (Å²) in [6, 6.07) is 7.65. The van der Waals surface area contributed by atoms with Crippen LogP contribution >= 0.6 is 0 Å². The summed E-state index contributed by atoms with van der Waals surface area (Å²) in [5.41, 5.74) is 5.06. The van der Waals surface area contributed by atoms with Crippen LogP contribution in [0.1, 0.15) is 139 Å². The molecule has 1 saturated carbocycles. The number of hydrogen-bond donors (Lipinski definition) is 0. The summed E-state index contributed by atoms with van der Waals surface area (Å²) in [6.45, 7) is 4.63. The van der Waals surface area contributed by atoms with Crippen LogP contribution in [0.25, 0.3) is 0 Å². The molecule has 0 aromatic heterocycles. The second-order valence-electron chi connectivity index (χ2n) is 10.4. The molecule has 0 bridgehead atoms. The Kier molecular flexibility index (Phi) is 10.1. The van der Waals surface area contributed by atoms with Crippen LogP contribution in [-0.4, -0.2) is 0 Å². The molecule has 0 spiro atoms. The fourth-order valence-electron chi connectivity index (χ4n) is 6.03. The highest BCUT2D eigenvalue weighted by Gasteiger charge is 2.24. The summed E-state index contributed by atoms with van der Waals surface area (Å²) in [7, 11) is 0. The van der Waals surface area contributed by atoms with Gasteiger partial charge in [-0.15, -0.1) is 0 Å². The molecule has 2 aliphatic rings. The predicted molar refractivity (Wildman–Crippen MR) is 129 cm³/mol. The van der Waals surface area contributed by atoms with Crippen molar-refractivity contribution < 1.29 is 0 Å². The van der Waals surface area contributed by atoms with E-state index >= 15 is 0 Å². The molecule has 2 aliphatic carbocycles. The predicted octanol–water partition coefficient (Wildman–Crippen LogP) is 9.40. The molecule has 0 N–H and O–H groups in total. The Morgan fingerprint density at radius 2 is 1.31 bits per heavy atom. The van der Waals surface area contributed by atoms with Crippen LogP contribution in [0.5, 0.6) is 0 Å². The van der Waals surface area contributed by atoms with Crippen LogP contribution in [0.3, 0.4) is 0 Å². The average molecular weight is 397 g/mol. The Labute approximate surface area is 182 Å². The topological polar surface area (TPSA) is 0 Å².